The number of anilines is 1. The SMILES string of the molecule is COc1ccc(Cl)cc1NC(=O)COC(=O)CCCC(=O)NC1CCCCC1. The van der Waals surface area contributed by atoms with Crippen LogP contribution in [0.3, 0.4) is 0 Å². The molecule has 0 atom stereocenters. The summed E-state index contributed by atoms with van der Waals surface area (Å²) in [5.74, 6) is -0.596. The summed E-state index contributed by atoms with van der Waals surface area (Å²) in [6.07, 6.45) is 6.35. The molecule has 2 N–H and O–H groups in total. The highest BCUT2D eigenvalue weighted by Gasteiger charge is 2.16. The Morgan fingerprint density at radius 1 is 1.11 bits per heavy atom. The second-order valence-corrected chi connectivity index (χ2v) is 7.25. The van der Waals surface area contributed by atoms with Gasteiger partial charge < -0.3 is 20.1 Å². The van der Waals surface area contributed by atoms with E-state index >= 15 is 0 Å². The van der Waals surface area contributed by atoms with E-state index in [1.54, 1.807) is 18.2 Å². The Labute approximate surface area is 170 Å². The Balaban J connectivity index is 1.63. The summed E-state index contributed by atoms with van der Waals surface area (Å²) < 4.78 is 10.1. The summed E-state index contributed by atoms with van der Waals surface area (Å²) in [7, 11) is 1.48. The van der Waals surface area contributed by atoms with Crippen LogP contribution in [0, 0.1) is 0 Å². The maximum atomic E-state index is 11.9. The van der Waals surface area contributed by atoms with Crippen LogP contribution in [-0.2, 0) is 19.1 Å². The zero-order chi connectivity index (χ0) is 20.4. The number of hydrogen-bond acceptors (Lipinski definition) is 5. The van der Waals surface area contributed by atoms with Gasteiger partial charge in [-0.1, -0.05) is 30.9 Å². The Kier molecular flexibility index (Phi) is 9.07. The van der Waals surface area contributed by atoms with Gasteiger partial charge in [-0.15, -0.1) is 0 Å². The molecular weight excluding hydrogens is 384 g/mol. The molecule has 0 aromatic heterocycles. The van der Waals surface area contributed by atoms with Gasteiger partial charge >= 0.3 is 5.97 Å². The number of rotatable bonds is 9. The molecule has 1 fully saturated rings. The third kappa shape index (κ3) is 7.76. The van der Waals surface area contributed by atoms with Crippen LogP contribution in [0.1, 0.15) is 51.4 Å². The molecule has 1 aliphatic carbocycles. The summed E-state index contributed by atoms with van der Waals surface area (Å²) in [6.45, 7) is -0.414. The van der Waals surface area contributed by atoms with Gasteiger partial charge in [-0.05, 0) is 37.5 Å². The molecule has 0 heterocycles. The lowest BCUT2D eigenvalue weighted by Gasteiger charge is -2.22. The topological polar surface area (TPSA) is 93.7 Å². The van der Waals surface area contributed by atoms with Crippen molar-refractivity contribution in [3.63, 3.8) is 0 Å². The van der Waals surface area contributed by atoms with Gasteiger partial charge in [-0.2, -0.15) is 0 Å². The minimum atomic E-state index is -0.515. The Bertz CT molecular complexity index is 689. The van der Waals surface area contributed by atoms with E-state index in [4.69, 9.17) is 21.1 Å². The fourth-order valence-electron chi connectivity index (χ4n) is 3.12. The predicted molar refractivity (Wildman–Crippen MR) is 106 cm³/mol. The number of carbonyl (C=O) groups excluding carboxylic acids is 3. The van der Waals surface area contributed by atoms with Crippen LogP contribution in [0.4, 0.5) is 5.69 Å². The summed E-state index contributed by atoms with van der Waals surface area (Å²) >= 11 is 5.90. The molecular formula is C20H27ClN2O5. The van der Waals surface area contributed by atoms with Gasteiger partial charge in [0.2, 0.25) is 5.91 Å². The van der Waals surface area contributed by atoms with Gasteiger partial charge in [0.05, 0.1) is 12.8 Å². The number of carbonyl (C=O) groups is 3. The monoisotopic (exact) mass is 410 g/mol. The van der Waals surface area contributed by atoms with Crippen molar-refractivity contribution in [3.05, 3.63) is 23.2 Å². The standard InChI is InChI=1S/C20H27ClN2O5/c1-27-17-11-10-14(21)12-16(17)23-19(25)13-28-20(26)9-5-8-18(24)22-15-6-3-2-4-7-15/h10-12,15H,2-9,13H2,1H3,(H,22,24)(H,23,25). The van der Waals surface area contributed by atoms with Crippen molar-refractivity contribution in [2.75, 3.05) is 19.0 Å². The molecule has 1 aliphatic rings. The van der Waals surface area contributed by atoms with E-state index in [1.807, 2.05) is 0 Å². The first-order valence-electron chi connectivity index (χ1n) is 9.56. The summed E-state index contributed by atoms with van der Waals surface area (Å²) in [4.78, 5) is 35.6. The lowest BCUT2D eigenvalue weighted by atomic mass is 9.95. The van der Waals surface area contributed by atoms with Crippen LogP contribution in [0.2, 0.25) is 5.02 Å². The molecule has 7 nitrogen and oxygen atoms in total. The van der Waals surface area contributed by atoms with Crippen molar-refractivity contribution in [2.45, 2.75) is 57.4 Å². The number of benzene rings is 1. The maximum absolute atomic E-state index is 11.9. The van der Waals surface area contributed by atoms with Crippen molar-refractivity contribution in [1.82, 2.24) is 5.32 Å². The summed E-state index contributed by atoms with van der Waals surface area (Å²) in [5.41, 5.74) is 0.399. The lowest BCUT2D eigenvalue weighted by molar-refractivity contribution is -0.147. The molecule has 2 rings (SSSR count). The van der Waals surface area contributed by atoms with Gasteiger partial charge in [0.25, 0.3) is 5.91 Å². The molecule has 1 aromatic carbocycles. The molecule has 28 heavy (non-hydrogen) atoms. The van der Waals surface area contributed by atoms with Crippen molar-refractivity contribution in [3.8, 4) is 5.75 Å². The Morgan fingerprint density at radius 3 is 2.57 bits per heavy atom. The highest BCUT2D eigenvalue weighted by Crippen LogP contribution is 2.27. The average molecular weight is 411 g/mol. The molecule has 2 amide bonds. The molecule has 8 heteroatoms. The number of nitrogens with one attached hydrogen (secondary N) is 2. The second kappa shape index (κ2) is 11.5. The number of methoxy groups -OCH3 is 1. The highest BCUT2D eigenvalue weighted by molar-refractivity contribution is 6.31. The van der Waals surface area contributed by atoms with Crippen LogP contribution >= 0.6 is 11.6 Å². The Hall–Kier alpha value is -2.28. The first kappa shape index (κ1) is 22.0. The first-order chi connectivity index (χ1) is 13.5. The molecule has 0 saturated heterocycles. The van der Waals surface area contributed by atoms with Crippen LogP contribution < -0.4 is 15.4 Å². The lowest BCUT2D eigenvalue weighted by Crippen LogP contribution is -2.36. The van der Waals surface area contributed by atoms with E-state index in [0.717, 1.165) is 25.7 Å². The van der Waals surface area contributed by atoms with Crippen LogP contribution in [0.5, 0.6) is 5.75 Å². The molecule has 0 aliphatic heterocycles. The number of halogens is 1. The van der Waals surface area contributed by atoms with Gasteiger partial charge in [-0.25, -0.2) is 0 Å². The zero-order valence-electron chi connectivity index (χ0n) is 16.1. The predicted octanol–water partition coefficient (Wildman–Crippen LogP) is 3.45. The second-order valence-electron chi connectivity index (χ2n) is 6.81. The normalized spacial score (nSPS) is 14.2. The molecule has 0 bridgehead atoms. The minimum Gasteiger partial charge on any atom is -0.495 e. The van der Waals surface area contributed by atoms with Crippen LogP contribution in [-0.4, -0.2) is 37.5 Å². The van der Waals surface area contributed by atoms with Crippen LogP contribution in [0.25, 0.3) is 0 Å². The van der Waals surface area contributed by atoms with Crippen LogP contribution in [0.15, 0.2) is 18.2 Å². The number of ether oxygens (including phenoxy) is 2. The minimum absolute atomic E-state index is 0.0366. The van der Waals surface area contributed by atoms with Gasteiger partial charge in [0.1, 0.15) is 5.75 Å². The average Bonchev–Trinajstić information content (AvgIpc) is 2.67. The number of esters is 1. The van der Waals surface area contributed by atoms with Crippen molar-refractivity contribution in [1.29, 1.82) is 0 Å². The molecule has 154 valence electrons. The van der Waals surface area contributed by atoms with E-state index in [2.05, 4.69) is 10.6 Å². The fourth-order valence-corrected chi connectivity index (χ4v) is 3.29. The smallest absolute Gasteiger partial charge is 0.306 e. The van der Waals surface area contributed by atoms with Crippen molar-refractivity contribution in [2.24, 2.45) is 0 Å². The summed E-state index contributed by atoms with van der Waals surface area (Å²) in [5, 5.41) is 6.04. The molecule has 1 aromatic rings. The van der Waals surface area contributed by atoms with Gasteiger partial charge in [-0.3, -0.25) is 14.4 Å². The molecule has 1 saturated carbocycles. The first-order valence-corrected chi connectivity index (χ1v) is 9.94. The van der Waals surface area contributed by atoms with E-state index in [1.165, 1.54) is 13.5 Å². The zero-order valence-corrected chi connectivity index (χ0v) is 16.8. The number of hydrogen-bond donors (Lipinski definition) is 2. The van der Waals surface area contributed by atoms with E-state index in [0.29, 0.717) is 22.9 Å². The fraction of sp³-hybridized carbons (Fsp3) is 0.550. The molecule has 0 spiro atoms. The van der Waals surface area contributed by atoms with E-state index in [-0.39, 0.29) is 24.8 Å². The number of amides is 2. The molecule has 0 unspecified atom stereocenters. The molecule has 0 radical (unpaired) electrons. The summed E-state index contributed by atoms with van der Waals surface area (Å²) in [6, 6.07) is 5.08. The van der Waals surface area contributed by atoms with E-state index < -0.39 is 18.5 Å². The highest BCUT2D eigenvalue weighted by atomic mass is 35.5. The third-order valence-corrected chi connectivity index (χ3v) is 4.79. The maximum Gasteiger partial charge on any atom is 0.306 e. The van der Waals surface area contributed by atoms with Crippen molar-refractivity contribution < 1.29 is 23.9 Å². The van der Waals surface area contributed by atoms with Crippen molar-refractivity contribution >= 4 is 35.1 Å². The Morgan fingerprint density at radius 2 is 1.86 bits per heavy atom. The van der Waals surface area contributed by atoms with Gasteiger partial charge in [0, 0.05) is 23.9 Å². The third-order valence-electron chi connectivity index (χ3n) is 4.55. The quantitative estimate of drug-likeness (QED) is 0.608. The largest absolute Gasteiger partial charge is 0.495 e. The van der Waals surface area contributed by atoms with Gasteiger partial charge in [0.15, 0.2) is 6.61 Å². The van der Waals surface area contributed by atoms with E-state index in [9.17, 15) is 14.4 Å².